The van der Waals surface area contributed by atoms with Gasteiger partial charge in [-0.3, -0.25) is 9.59 Å². The van der Waals surface area contributed by atoms with Crippen LogP contribution in [-0.4, -0.2) is 27.0 Å². The van der Waals surface area contributed by atoms with E-state index >= 15 is 0 Å². The maximum atomic E-state index is 12.4. The molecule has 0 spiro atoms. The molecule has 1 saturated carbocycles. The van der Waals surface area contributed by atoms with Gasteiger partial charge in [0, 0.05) is 6.07 Å². The lowest BCUT2D eigenvalue weighted by molar-refractivity contribution is -0.146. The van der Waals surface area contributed by atoms with Crippen LogP contribution >= 0.6 is 23.2 Å². The van der Waals surface area contributed by atoms with Gasteiger partial charge in [-0.2, -0.15) is 0 Å². The van der Waals surface area contributed by atoms with Gasteiger partial charge in [0.25, 0.3) is 0 Å². The number of anilines is 1. The van der Waals surface area contributed by atoms with Crippen LogP contribution in [0.25, 0.3) is 0 Å². The number of hydrogen-bond donors (Lipinski definition) is 2. The molecule has 2 bridgehead atoms. The largest absolute Gasteiger partial charge is 0.481 e. The SMILES string of the molecule is O=C(O)[C@@H]1C2C=CC(C2)[C@@H]1C(=O)Nc1cc(Cl)nc(Cl)n1. The Hall–Kier alpha value is -1.66. The van der Waals surface area contributed by atoms with Crippen molar-refractivity contribution in [2.45, 2.75) is 6.42 Å². The molecule has 0 aliphatic heterocycles. The number of nitrogens with one attached hydrogen (secondary N) is 1. The van der Waals surface area contributed by atoms with Crippen molar-refractivity contribution < 1.29 is 14.7 Å². The van der Waals surface area contributed by atoms with Gasteiger partial charge in [0.2, 0.25) is 11.2 Å². The zero-order valence-corrected chi connectivity index (χ0v) is 12.2. The predicted octanol–water partition coefficient (Wildman–Crippen LogP) is 2.24. The van der Waals surface area contributed by atoms with E-state index in [0.717, 1.165) is 0 Å². The molecule has 8 heteroatoms. The highest BCUT2D eigenvalue weighted by atomic mass is 35.5. The third-order valence-electron chi connectivity index (χ3n) is 3.97. The Kier molecular flexibility index (Phi) is 3.59. The van der Waals surface area contributed by atoms with E-state index in [1.807, 2.05) is 12.2 Å². The fraction of sp³-hybridized carbons (Fsp3) is 0.385. The van der Waals surface area contributed by atoms with Crippen molar-refractivity contribution in [2.24, 2.45) is 23.7 Å². The second-order valence-corrected chi connectivity index (χ2v) is 5.90. The molecule has 0 saturated heterocycles. The molecule has 2 unspecified atom stereocenters. The summed E-state index contributed by atoms with van der Waals surface area (Å²) in [6.45, 7) is 0. The zero-order valence-electron chi connectivity index (χ0n) is 10.7. The summed E-state index contributed by atoms with van der Waals surface area (Å²) < 4.78 is 0. The second-order valence-electron chi connectivity index (χ2n) is 5.17. The molecule has 2 aliphatic carbocycles. The van der Waals surface area contributed by atoms with Gasteiger partial charge in [-0.15, -0.1) is 0 Å². The van der Waals surface area contributed by atoms with E-state index in [4.69, 9.17) is 23.2 Å². The van der Waals surface area contributed by atoms with E-state index in [1.54, 1.807) is 0 Å². The number of carboxylic acid groups (broad SMARTS) is 1. The molecule has 4 atom stereocenters. The van der Waals surface area contributed by atoms with Crippen molar-refractivity contribution in [1.82, 2.24) is 9.97 Å². The van der Waals surface area contributed by atoms with Gasteiger partial charge in [-0.1, -0.05) is 23.8 Å². The van der Waals surface area contributed by atoms with Crippen molar-refractivity contribution in [3.05, 3.63) is 28.7 Å². The van der Waals surface area contributed by atoms with Crippen molar-refractivity contribution in [1.29, 1.82) is 0 Å². The monoisotopic (exact) mass is 327 g/mol. The van der Waals surface area contributed by atoms with E-state index in [0.29, 0.717) is 6.42 Å². The fourth-order valence-corrected chi connectivity index (χ4v) is 3.59. The molecule has 0 aromatic carbocycles. The van der Waals surface area contributed by atoms with Gasteiger partial charge in [-0.05, 0) is 29.9 Å². The predicted molar refractivity (Wildman–Crippen MR) is 76.0 cm³/mol. The van der Waals surface area contributed by atoms with Crippen LogP contribution in [0.15, 0.2) is 18.2 Å². The third-order valence-corrected chi connectivity index (χ3v) is 4.33. The highest BCUT2D eigenvalue weighted by Crippen LogP contribution is 2.48. The topological polar surface area (TPSA) is 92.2 Å². The number of carbonyl (C=O) groups excluding carboxylic acids is 1. The van der Waals surface area contributed by atoms with Crippen LogP contribution in [0.3, 0.4) is 0 Å². The summed E-state index contributed by atoms with van der Waals surface area (Å²) in [5.41, 5.74) is 0. The number of aliphatic carboxylic acids is 1. The smallest absolute Gasteiger partial charge is 0.307 e. The van der Waals surface area contributed by atoms with E-state index < -0.39 is 17.8 Å². The number of rotatable bonds is 3. The van der Waals surface area contributed by atoms with Gasteiger partial charge < -0.3 is 10.4 Å². The Balaban J connectivity index is 1.82. The first kappa shape index (κ1) is 14.3. The summed E-state index contributed by atoms with van der Waals surface area (Å²) in [5.74, 6) is -2.61. The van der Waals surface area contributed by atoms with Gasteiger partial charge in [-0.25, -0.2) is 9.97 Å². The summed E-state index contributed by atoms with van der Waals surface area (Å²) in [6.07, 6.45) is 4.49. The first-order chi connectivity index (χ1) is 9.95. The molecule has 1 fully saturated rings. The van der Waals surface area contributed by atoms with Crippen LogP contribution in [0.1, 0.15) is 6.42 Å². The Labute approximate surface area is 130 Å². The lowest BCUT2D eigenvalue weighted by Crippen LogP contribution is -2.36. The molecule has 1 heterocycles. The quantitative estimate of drug-likeness (QED) is 0.504. The van der Waals surface area contributed by atoms with Crippen molar-refractivity contribution in [3.63, 3.8) is 0 Å². The molecule has 1 aromatic rings. The molecule has 110 valence electrons. The van der Waals surface area contributed by atoms with Gasteiger partial charge in [0.05, 0.1) is 11.8 Å². The highest BCUT2D eigenvalue weighted by molar-refractivity contribution is 6.32. The van der Waals surface area contributed by atoms with Crippen LogP contribution in [0.5, 0.6) is 0 Å². The Morgan fingerprint density at radius 1 is 1.19 bits per heavy atom. The number of carboxylic acids is 1. The van der Waals surface area contributed by atoms with Crippen LogP contribution in [-0.2, 0) is 9.59 Å². The lowest BCUT2D eigenvalue weighted by Gasteiger charge is -2.23. The van der Waals surface area contributed by atoms with E-state index in [1.165, 1.54) is 6.07 Å². The summed E-state index contributed by atoms with van der Waals surface area (Å²) in [6, 6.07) is 1.37. The number of hydrogen-bond acceptors (Lipinski definition) is 4. The van der Waals surface area contributed by atoms with Crippen molar-refractivity contribution in [3.8, 4) is 0 Å². The molecule has 2 N–H and O–H groups in total. The minimum atomic E-state index is -0.953. The second kappa shape index (κ2) is 5.27. The molecule has 21 heavy (non-hydrogen) atoms. The maximum Gasteiger partial charge on any atom is 0.307 e. The molecular formula is C13H11Cl2N3O3. The van der Waals surface area contributed by atoms with Gasteiger partial charge in [0.15, 0.2) is 0 Å². The molecule has 1 amide bonds. The Bertz CT molecular complexity index is 629. The first-order valence-electron chi connectivity index (χ1n) is 6.38. The highest BCUT2D eigenvalue weighted by Gasteiger charge is 2.51. The lowest BCUT2D eigenvalue weighted by atomic mass is 9.82. The molecule has 2 aliphatic rings. The van der Waals surface area contributed by atoms with Crippen LogP contribution in [0.2, 0.25) is 10.4 Å². The fourth-order valence-electron chi connectivity index (χ4n) is 3.18. The summed E-state index contributed by atoms with van der Waals surface area (Å²) in [4.78, 5) is 31.3. The number of nitrogens with zero attached hydrogens (tertiary/aromatic N) is 2. The van der Waals surface area contributed by atoms with E-state index in [-0.39, 0.29) is 34.0 Å². The minimum absolute atomic E-state index is 0.0520. The third kappa shape index (κ3) is 2.61. The number of allylic oxidation sites excluding steroid dienone is 2. The normalized spacial score (nSPS) is 29.6. The number of halogens is 2. The zero-order chi connectivity index (χ0) is 15.1. The van der Waals surface area contributed by atoms with Gasteiger partial charge >= 0.3 is 5.97 Å². The number of fused-ring (bicyclic) bond motifs is 2. The van der Waals surface area contributed by atoms with Gasteiger partial charge in [0.1, 0.15) is 11.0 Å². The van der Waals surface area contributed by atoms with E-state index in [2.05, 4.69) is 15.3 Å². The van der Waals surface area contributed by atoms with Crippen LogP contribution in [0, 0.1) is 23.7 Å². The minimum Gasteiger partial charge on any atom is -0.481 e. The summed E-state index contributed by atoms with van der Waals surface area (Å²) >= 11 is 11.4. The average molecular weight is 328 g/mol. The molecular weight excluding hydrogens is 317 g/mol. The van der Waals surface area contributed by atoms with Crippen LogP contribution < -0.4 is 5.32 Å². The standard InChI is InChI=1S/C13H11Cl2N3O3/c14-7-4-8(18-13(15)16-7)17-11(19)9-5-1-2-6(3-5)10(9)12(20)21/h1-2,4-6,9-10H,3H2,(H,20,21)(H,16,17,18,19)/t5?,6?,9-,10+/m0/s1. The number of aromatic nitrogens is 2. The number of carbonyl (C=O) groups is 2. The summed E-state index contributed by atoms with van der Waals surface area (Å²) in [7, 11) is 0. The first-order valence-corrected chi connectivity index (χ1v) is 7.13. The van der Waals surface area contributed by atoms with Crippen molar-refractivity contribution in [2.75, 3.05) is 5.32 Å². The Morgan fingerprint density at radius 2 is 1.86 bits per heavy atom. The molecule has 0 radical (unpaired) electrons. The molecule has 3 rings (SSSR count). The maximum absolute atomic E-state index is 12.4. The molecule has 1 aromatic heterocycles. The Morgan fingerprint density at radius 3 is 2.48 bits per heavy atom. The van der Waals surface area contributed by atoms with Crippen molar-refractivity contribution >= 4 is 40.9 Å². The van der Waals surface area contributed by atoms with E-state index in [9.17, 15) is 14.7 Å². The average Bonchev–Trinajstić information content (AvgIpc) is 2.96. The number of amides is 1. The van der Waals surface area contributed by atoms with Crippen LogP contribution in [0.4, 0.5) is 5.82 Å². The summed E-state index contributed by atoms with van der Waals surface area (Å²) in [5, 5.41) is 11.9. The molecule has 6 nitrogen and oxygen atoms in total.